The van der Waals surface area contributed by atoms with Crippen LogP contribution in [0, 0.1) is 12.8 Å². The van der Waals surface area contributed by atoms with Gasteiger partial charge in [0, 0.05) is 25.8 Å². The second-order valence-electron chi connectivity index (χ2n) is 7.20. The van der Waals surface area contributed by atoms with Crippen LogP contribution in [0.25, 0.3) is 11.0 Å². The molecule has 0 aromatic carbocycles. The van der Waals surface area contributed by atoms with E-state index in [-0.39, 0.29) is 12.0 Å². The number of carbonyl (C=O) groups excluding carboxylic acids is 1. The van der Waals surface area contributed by atoms with E-state index in [1.807, 2.05) is 27.8 Å². The number of nitrogens with zero attached hydrogens (tertiary/aromatic N) is 4. The summed E-state index contributed by atoms with van der Waals surface area (Å²) >= 11 is 6.25. The highest BCUT2D eigenvalue weighted by Crippen LogP contribution is 2.38. The van der Waals surface area contributed by atoms with Gasteiger partial charge < -0.3 is 14.2 Å². The Morgan fingerprint density at radius 2 is 1.89 bits per heavy atom. The van der Waals surface area contributed by atoms with Crippen LogP contribution in [0.2, 0.25) is 5.15 Å². The molecule has 0 spiro atoms. The van der Waals surface area contributed by atoms with E-state index in [0.29, 0.717) is 30.3 Å². The highest BCUT2D eigenvalue weighted by atomic mass is 35.5. The number of carbonyl (C=O) groups is 1. The molecular weight excluding hydrogens is 364 g/mol. The SMILES string of the molecule is CC.Cc1cn(C2CCC(C3OCCN(C)C3=O)CC2)c2ncnc(Cl)c12. The summed E-state index contributed by atoms with van der Waals surface area (Å²) in [7, 11) is 1.86. The Kier molecular flexibility index (Phi) is 6.37. The number of aryl methyl sites for hydroxylation is 1. The molecule has 4 rings (SSSR count). The van der Waals surface area contributed by atoms with Crippen molar-refractivity contribution in [3.05, 3.63) is 23.2 Å². The molecule has 27 heavy (non-hydrogen) atoms. The fourth-order valence-corrected chi connectivity index (χ4v) is 4.52. The first-order chi connectivity index (χ1) is 13.1. The van der Waals surface area contributed by atoms with Gasteiger partial charge in [0.2, 0.25) is 0 Å². The van der Waals surface area contributed by atoms with Crippen LogP contribution in [0.3, 0.4) is 0 Å². The highest BCUT2D eigenvalue weighted by Gasteiger charge is 2.37. The molecule has 1 saturated heterocycles. The number of morpholine rings is 1. The molecule has 6 nitrogen and oxygen atoms in total. The van der Waals surface area contributed by atoms with Gasteiger partial charge in [-0.1, -0.05) is 25.4 Å². The van der Waals surface area contributed by atoms with Crippen molar-refractivity contribution >= 4 is 28.5 Å². The fourth-order valence-electron chi connectivity index (χ4n) is 4.24. The lowest BCUT2D eigenvalue weighted by Crippen LogP contribution is -2.49. The molecule has 148 valence electrons. The third-order valence-electron chi connectivity index (χ3n) is 5.66. The number of hydrogen-bond acceptors (Lipinski definition) is 4. The van der Waals surface area contributed by atoms with Gasteiger partial charge in [-0.15, -0.1) is 0 Å². The van der Waals surface area contributed by atoms with Crippen molar-refractivity contribution in [1.29, 1.82) is 0 Å². The lowest BCUT2D eigenvalue weighted by molar-refractivity contribution is -0.157. The first-order valence-electron chi connectivity index (χ1n) is 9.90. The molecule has 1 saturated carbocycles. The molecule has 0 N–H and O–H groups in total. The summed E-state index contributed by atoms with van der Waals surface area (Å²) < 4.78 is 8.04. The van der Waals surface area contributed by atoms with Gasteiger partial charge in [0.1, 0.15) is 23.2 Å². The average Bonchev–Trinajstić information content (AvgIpc) is 3.04. The smallest absolute Gasteiger partial charge is 0.251 e. The zero-order valence-electron chi connectivity index (χ0n) is 16.6. The summed E-state index contributed by atoms with van der Waals surface area (Å²) in [6, 6.07) is 0.384. The van der Waals surface area contributed by atoms with E-state index in [4.69, 9.17) is 16.3 Å². The molecule has 0 bridgehead atoms. The minimum Gasteiger partial charge on any atom is -0.366 e. The van der Waals surface area contributed by atoms with Crippen LogP contribution >= 0.6 is 11.6 Å². The van der Waals surface area contributed by atoms with Crippen LogP contribution in [0.1, 0.15) is 51.1 Å². The molecule has 7 heteroatoms. The van der Waals surface area contributed by atoms with Crippen molar-refractivity contribution in [2.24, 2.45) is 5.92 Å². The van der Waals surface area contributed by atoms with E-state index in [1.165, 1.54) is 6.33 Å². The molecule has 1 aliphatic heterocycles. The first kappa shape index (κ1) is 20.1. The maximum Gasteiger partial charge on any atom is 0.251 e. The molecule has 1 amide bonds. The van der Waals surface area contributed by atoms with Crippen molar-refractivity contribution < 1.29 is 9.53 Å². The van der Waals surface area contributed by atoms with Gasteiger partial charge in [-0.05, 0) is 44.1 Å². The van der Waals surface area contributed by atoms with E-state index >= 15 is 0 Å². The van der Waals surface area contributed by atoms with Crippen LogP contribution in [0.4, 0.5) is 0 Å². The van der Waals surface area contributed by atoms with Crippen molar-refractivity contribution in [2.45, 2.75) is 58.6 Å². The quantitative estimate of drug-likeness (QED) is 0.724. The maximum absolute atomic E-state index is 12.4. The number of hydrogen-bond donors (Lipinski definition) is 0. The number of likely N-dealkylation sites (N-methyl/N-ethyl adjacent to an activating group) is 1. The van der Waals surface area contributed by atoms with Gasteiger partial charge in [0.05, 0.1) is 12.0 Å². The largest absolute Gasteiger partial charge is 0.366 e. The van der Waals surface area contributed by atoms with Crippen LogP contribution < -0.4 is 0 Å². The monoisotopic (exact) mass is 392 g/mol. The van der Waals surface area contributed by atoms with E-state index < -0.39 is 0 Å². The highest BCUT2D eigenvalue weighted by molar-refractivity contribution is 6.34. The van der Waals surface area contributed by atoms with Crippen LogP contribution in [-0.2, 0) is 9.53 Å². The van der Waals surface area contributed by atoms with Gasteiger partial charge in [-0.25, -0.2) is 9.97 Å². The van der Waals surface area contributed by atoms with Gasteiger partial charge >= 0.3 is 0 Å². The molecule has 1 aliphatic carbocycles. The number of amides is 1. The van der Waals surface area contributed by atoms with Gasteiger partial charge in [0.15, 0.2) is 0 Å². The Morgan fingerprint density at radius 3 is 2.59 bits per heavy atom. The van der Waals surface area contributed by atoms with E-state index in [1.54, 1.807) is 4.90 Å². The number of ether oxygens (including phenoxy) is 1. The predicted octanol–water partition coefficient (Wildman–Crippen LogP) is 4.01. The molecule has 2 aromatic heterocycles. The first-order valence-corrected chi connectivity index (χ1v) is 10.3. The average molecular weight is 393 g/mol. The number of rotatable bonds is 2. The van der Waals surface area contributed by atoms with Gasteiger partial charge in [0.25, 0.3) is 5.91 Å². The lowest BCUT2D eigenvalue weighted by atomic mass is 9.81. The summed E-state index contributed by atoms with van der Waals surface area (Å²) in [5, 5.41) is 1.46. The molecule has 1 unspecified atom stereocenters. The van der Waals surface area contributed by atoms with Gasteiger partial charge in [-0.3, -0.25) is 4.79 Å². The minimum absolute atomic E-state index is 0.136. The van der Waals surface area contributed by atoms with E-state index in [2.05, 4.69) is 20.7 Å². The standard InChI is InChI=1S/C18H23ClN4O2.C2H6/c1-11-9-23(17-14(11)16(19)20-10-21-17)13-5-3-12(4-6-13)15-18(24)22(2)7-8-25-15;1-2/h9-10,12-13,15H,3-8H2,1-2H3;1-2H3. The molecule has 3 heterocycles. The Labute approximate surface area is 165 Å². The van der Waals surface area contributed by atoms with Crippen molar-refractivity contribution in [2.75, 3.05) is 20.2 Å². The molecule has 2 aromatic rings. The van der Waals surface area contributed by atoms with Crippen molar-refractivity contribution in [1.82, 2.24) is 19.4 Å². The summed E-state index contributed by atoms with van der Waals surface area (Å²) in [6.45, 7) is 7.38. The minimum atomic E-state index is -0.264. The summed E-state index contributed by atoms with van der Waals surface area (Å²) in [5.74, 6) is 0.448. The lowest BCUT2D eigenvalue weighted by Gasteiger charge is -2.38. The van der Waals surface area contributed by atoms with E-state index in [0.717, 1.165) is 42.3 Å². The topological polar surface area (TPSA) is 60.2 Å². The normalized spacial score (nSPS) is 26.0. The Balaban J connectivity index is 0.00000102. The third kappa shape index (κ3) is 3.83. The number of fused-ring (bicyclic) bond motifs is 1. The van der Waals surface area contributed by atoms with Crippen molar-refractivity contribution in [3.63, 3.8) is 0 Å². The number of aromatic nitrogens is 3. The zero-order chi connectivity index (χ0) is 19.6. The summed E-state index contributed by atoms with van der Waals surface area (Å²) in [6.07, 6.45) is 7.42. The van der Waals surface area contributed by atoms with Crippen LogP contribution in [0.15, 0.2) is 12.5 Å². The Morgan fingerprint density at radius 1 is 1.19 bits per heavy atom. The van der Waals surface area contributed by atoms with Crippen molar-refractivity contribution in [3.8, 4) is 0 Å². The van der Waals surface area contributed by atoms with Crippen LogP contribution in [-0.4, -0.2) is 51.6 Å². The predicted molar refractivity (Wildman–Crippen MR) is 107 cm³/mol. The van der Waals surface area contributed by atoms with Crippen LogP contribution in [0.5, 0.6) is 0 Å². The molecule has 2 aliphatic rings. The Hall–Kier alpha value is -1.66. The number of halogens is 1. The summed E-state index contributed by atoms with van der Waals surface area (Å²) in [5.41, 5.74) is 2.01. The zero-order valence-corrected chi connectivity index (χ0v) is 17.4. The second kappa shape index (κ2) is 8.57. The Bertz CT molecular complexity index is 799. The molecule has 0 radical (unpaired) electrons. The second-order valence-corrected chi connectivity index (χ2v) is 7.56. The maximum atomic E-state index is 12.4. The summed E-state index contributed by atoms with van der Waals surface area (Å²) in [4.78, 5) is 22.7. The molecule has 2 fully saturated rings. The van der Waals surface area contributed by atoms with Gasteiger partial charge in [-0.2, -0.15) is 0 Å². The van der Waals surface area contributed by atoms with E-state index in [9.17, 15) is 4.79 Å². The third-order valence-corrected chi connectivity index (χ3v) is 5.95. The molecule has 1 atom stereocenters. The fraction of sp³-hybridized carbons (Fsp3) is 0.650. The molecular formula is C20H29ClN4O2.